The first-order chi connectivity index (χ1) is 14.8. The summed E-state index contributed by atoms with van der Waals surface area (Å²) in [6.07, 6.45) is 0. The van der Waals surface area contributed by atoms with E-state index in [0.29, 0.717) is 17.0 Å². The summed E-state index contributed by atoms with van der Waals surface area (Å²) in [5.41, 5.74) is 3.93. The topological polar surface area (TPSA) is 66.8 Å². The molecule has 1 atom stereocenters. The first-order valence-corrected chi connectivity index (χ1v) is 10.8. The lowest BCUT2D eigenvalue weighted by Crippen LogP contribution is -2.29. The van der Waals surface area contributed by atoms with Crippen LogP contribution >= 0.6 is 11.3 Å². The highest BCUT2D eigenvalue weighted by molar-refractivity contribution is 7.10. The second-order valence-corrected chi connectivity index (χ2v) is 8.60. The number of rotatable bonds is 4. The number of hydrogen-bond donors (Lipinski definition) is 1. The van der Waals surface area contributed by atoms with Crippen LogP contribution in [0.5, 0.6) is 5.75 Å². The number of carbonyl (C=O) groups excluding carboxylic acids is 2. The average Bonchev–Trinajstić information content (AvgIpc) is 3.28. The largest absolute Gasteiger partial charge is 0.507 e. The highest BCUT2D eigenvalue weighted by atomic mass is 32.1. The molecule has 0 spiro atoms. The Hall–Kier alpha value is -3.38. The molecule has 0 saturated carbocycles. The standard InChI is InChI=1S/C25H23NO4S/c1-14-6-5-7-17(12-14)26-21(24-15(2)10-11-31-24)20(23(28)25(26)29)22(27)19-9-8-18(30-4)13-16(19)3/h5-13,21,27H,1-4H3/b22-20+. The quantitative estimate of drug-likeness (QED) is 0.344. The van der Waals surface area contributed by atoms with E-state index in [1.54, 1.807) is 25.3 Å². The van der Waals surface area contributed by atoms with Crippen LogP contribution in [0.1, 0.15) is 33.2 Å². The molecule has 0 bridgehead atoms. The number of ether oxygens (including phenoxy) is 1. The van der Waals surface area contributed by atoms with Crippen molar-refractivity contribution in [1.29, 1.82) is 0 Å². The van der Waals surface area contributed by atoms with E-state index >= 15 is 0 Å². The Labute approximate surface area is 185 Å². The first kappa shape index (κ1) is 20.9. The molecular weight excluding hydrogens is 410 g/mol. The van der Waals surface area contributed by atoms with Gasteiger partial charge in [-0.1, -0.05) is 12.1 Å². The molecule has 31 heavy (non-hydrogen) atoms. The summed E-state index contributed by atoms with van der Waals surface area (Å²) in [5.74, 6) is -0.852. The van der Waals surface area contributed by atoms with Gasteiger partial charge in [-0.2, -0.15) is 0 Å². The fourth-order valence-electron chi connectivity index (χ4n) is 3.96. The van der Waals surface area contributed by atoms with Gasteiger partial charge in [-0.3, -0.25) is 14.5 Å². The summed E-state index contributed by atoms with van der Waals surface area (Å²) in [6, 6.07) is 14.0. The van der Waals surface area contributed by atoms with E-state index in [0.717, 1.165) is 21.6 Å². The predicted octanol–water partition coefficient (Wildman–Crippen LogP) is 5.31. The van der Waals surface area contributed by atoms with Crippen molar-refractivity contribution < 1.29 is 19.4 Å². The highest BCUT2D eigenvalue weighted by Crippen LogP contribution is 2.45. The molecule has 1 fully saturated rings. The molecule has 1 unspecified atom stereocenters. The predicted molar refractivity (Wildman–Crippen MR) is 123 cm³/mol. The van der Waals surface area contributed by atoms with Crippen molar-refractivity contribution in [1.82, 2.24) is 0 Å². The van der Waals surface area contributed by atoms with Crippen LogP contribution in [0.15, 0.2) is 59.5 Å². The van der Waals surface area contributed by atoms with E-state index in [2.05, 4.69) is 0 Å². The maximum atomic E-state index is 13.2. The van der Waals surface area contributed by atoms with Crippen LogP contribution in [0.3, 0.4) is 0 Å². The van der Waals surface area contributed by atoms with Crippen molar-refractivity contribution in [3.63, 3.8) is 0 Å². The van der Waals surface area contributed by atoms with Gasteiger partial charge in [0, 0.05) is 16.1 Å². The third-order valence-corrected chi connectivity index (χ3v) is 6.63. The molecule has 1 saturated heterocycles. The van der Waals surface area contributed by atoms with E-state index < -0.39 is 17.7 Å². The molecule has 1 aliphatic rings. The van der Waals surface area contributed by atoms with Gasteiger partial charge in [-0.05, 0) is 79.2 Å². The summed E-state index contributed by atoms with van der Waals surface area (Å²) >= 11 is 1.47. The second kappa shape index (κ2) is 8.04. The number of Topliss-reactive ketones (excluding diaryl/α,β-unsaturated/α-hetero) is 1. The van der Waals surface area contributed by atoms with Crippen molar-refractivity contribution >= 4 is 34.5 Å². The normalized spacial score (nSPS) is 17.9. The molecule has 3 aromatic rings. The summed E-state index contributed by atoms with van der Waals surface area (Å²) in [4.78, 5) is 28.7. The number of carbonyl (C=O) groups is 2. The van der Waals surface area contributed by atoms with E-state index in [1.165, 1.54) is 16.2 Å². The number of benzene rings is 2. The van der Waals surface area contributed by atoms with Gasteiger partial charge in [0.25, 0.3) is 11.7 Å². The molecule has 158 valence electrons. The number of nitrogens with zero attached hydrogens (tertiary/aromatic N) is 1. The van der Waals surface area contributed by atoms with Gasteiger partial charge in [-0.15, -0.1) is 11.3 Å². The summed E-state index contributed by atoms with van der Waals surface area (Å²) in [7, 11) is 1.57. The third-order valence-electron chi connectivity index (χ3n) is 5.56. The van der Waals surface area contributed by atoms with Crippen molar-refractivity contribution in [3.05, 3.63) is 86.6 Å². The van der Waals surface area contributed by atoms with Crippen LogP contribution < -0.4 is 9.64 Å². The smallest absolute Gasteiger partial charge is 0.300 e. The molecule has 1 aromatic heterocycles. The number of methoxy groups -OCH3 is 1. The van der Waals surface area contributed by atoms with Crippen LogP contribution in [-0.4, -0.2) is 23.9 Å². The third kappa shape index (κ3) is 3.53. The van der Waals surface area contributed by atoms with Crippen LogP contribution in [0.25, 0.3) is 5.76 Å². The van der Waals surface area contributed by atoms with Crippen molar-refractivity contribution in [2.24, 2.45) is 0 Å². The van der Waals surface area contributed by atoms with Crippen LogP contribution in [-0.2, 0) is 9.59 Å². The molecule has 2 heterocycles. The maximum absolute atomic E-state index is 13.2. The average molecular weight is 434 g/mol. The van der Waals surface area contributed by atoms with E-state index in [1.807, 2.05) is 56.5 Å². The van der Waals surface area contributed by atoms with E-state index in [9.17, 15) is 14.7 Å². The van der Waals surface area contributed by atoms with Gasteiger partial charge in [0.15, 0.2) is 0 Å². The molecular formula is C25H23NO4S. The number of ketones is 1. The Morgan fingerprint density at radius 2 is 1.81 bits per heavy atom. The first-order valence-electron chi connectivity index (χ1n) is 9.90. The Kier molecular flexibility index (Phi) is 5.41. The summed E-state index contributed by atoms with van der Waals surface area (Å²) < 4.78 is 5.25. The lowest BCUT2D eigenvalue weighted by molar-refractivity contribution is -0.132. The number of aliphatic hydroxyl groups excluding tert-OH is 1. The molecule has 2 aromatic carbocycles. The second-order valence-electron chi connectivity index (χ2n) is 7.66. The van der Waals surface area contributed by atoms with Crippen LogP contribution in [0, 0.1) is 20.8 Å². The molecule has 0 radical (unpaired) electrons. The van der Waals surface area contributed by atoms with E-state index in [-0.39, 0.29) is 11.3 Å². The summed E-state index contributed by atoms with van der Waals surface area (Å²) in [5, 5.41) is 13.2. The van der Waals surface area contributed by atoms with Crippen molar-refractivity contribution in [2.75, 3.05) is 12.0 Å². The molecule has 1 N–H and O–H groups in total. The van der Waals surface area contributed by atoms with Crippen LogP contribution in [0.2, 0.25) is 0 Å². The van der Waals surface area contributed by atoms with Gasteiger partial charge < -0.3 is 9.84 Å². The number of hydrogen-bond acceptors (Lipinski definition) is 5. The molecule has 1 aliphatic heterocycles. The Balaban J connectivity index is 1.96. The van der Waals surface area contributed by atoms with Gasteiger partial charge in [-0.25, -0.2) is 0 Å². The Morgan fingerprint density at radius 3 is 2.42 bits per heavy atom. The number of aryl methyl sites for hydroxylation is 3. The number of amides is 1. The number of aliphatic hydroxyl groups is 1. The fraction of sp³-hybridized carbons (Fsp3) is 0.200. The highest BCUT2D eigenvalue weighted by Gasteiger charge is 2.48. The van der Waals surface area contributed by atoms with Crippen molar-refractivity contribution in [3.8, 4) is 5.75 Å². The monoisotopic (exact) mass is 433 g/mol. The van der Waals surface area contributed by atoms with Gasteiger partial charge in [0.05, 0.1) is 12.7 Å². The minimum Gasteiger partial charge on any atom is -0.507 e. The van der Waals surface area contributed by atoms with Gasteiger partial charge in [0.2, 0.25) is 0 Å². The van der Waals surface area contributed by atoms with Gasteiger partial charge >= 0.3 is 0 Å². The molecule has 1 amide bonds. The SMILES string of the molecule is COc1ccc(/C(O)=C2\C(=O)C(=O)N(c3cccc(C)c3)C2c2sccc2C)c(C)c1. The zero-order valence-electron chi connectivity index (χ0n) is 17.8. The van der Waals surface area contributed by atoms with E-state index in [4.69, 9.17) is 4.74 Å². The lowest BCUT2D eigenvalue weighted by Gasteiger charge is -2.25. The Bertz CT molecular complexity index is 1220. The Morgan fingerprint density at radius 1 is 1.03 bits per heavy atom. The minimum atomic E-state index is -0.691. The molecule has 0 aliphatic carbocycles. The fourth-order valence-corrected chi connectivity index (χ4v) is 4.99. The lowest BCUT2D eigenvalue weighted by atomic mass is 9.96. The zero-order chi connectivity index (χ0) is 22.3. The number of thiophene rings is 1. The zero-order valence-corrected chi connectivity index (χ0v) is 18.6. The minimum absolute atomic E-state index is 0.102. The summed E-state index contributed by atoms with van der Waals surface area (Å²) in [6.45, 7) is 5.71. The number of anilines is 1. The van der Waals surface area contributed by atoms with Crippen LogP contribution in [0.4, 0.5) is 5.69 Å². The van der Waals surface area contributed by atoms with Gasteiger partial charge in [0.1, 0.15) is 17.6 Å². The molecule has 4 rings (SSSR count). The molecule has 5 nitrogen and oxygen atoms in total. The maximum Gasteiger partial charge on any atom is 0.300 e. The molecule has 6 heteroatoms. The van der Waals surface area contributed by atoms with Crippen molar-refractivity contribution in [2.45, 2.75) is 26.8 Å².